The van der Waals surface area contributed by atoms with Gasteiger partial charge in [-0.1, -0.05) is 0 Å². The Hall–Kier alpha value is -0.160. The molecule has 2 saturated heterocycles. The van der Waals surface area contributed by atoms with Crippen LogP contribution in [0.2, 0.25) is 0 Å². The van der Waals surface area contributed by atoms with E-state index in [9.17, 15) is 0 Å². The first-order valence-electron chi connectivity index (χ1n) is 4.59. The zero-order chi connectivity index (χ0) is 8.39. The average Bonchev–Trinajstić information content (AvgIpc) is 2.17. The second-order valence-electron chi connectivity index (χ2n) is 3.23. The molecule has 1 N–H and O–H groups in total. The van der Waals surface area contributed by atoms with Crippen molar-refractivity contribution in [2.24, 2.45) is 0 Å². The topological polar surface area (TPSA) is 33.7 Å². The Bertz CT molecular complexity index is 145. The summed E-state index contributed by atoms with van der Waals surface area (Å²) < 4.78 is 11.2. The van der Waals surface area contributed by atoms with Gasteiger partial charge in [-0.15, -0.1) is 0 Å². The first-order chi connectivity index (χ1) is 5.92. The molecule has 2 atom stereocenters. The van der Waals surface area contributed by atoms with Gasteiger partial charge < -0.3 is 9.47 Å². The fourth-order valence-corrected chi connectivity index (χ4v) is 1.90. The molecule has 4 nitrogen and oxygen atoms in total. The van der Waals surface area contributed by atoms with E-state index in [-0.39, 0.29) is 12.3 Å². The molecular weight excluding hydrogens is 156 g/mol. The van der Waals surface area contributed by atoms with Crippen LogP contribution in [0.3, 0.4) is 0 Å². The molecule has 2 fully saturated rings. The normalized spacial score (nSPS) is 37.8. The van der Waals surface area contributed by atoms with Crippen molar-refractivity contribution in [1.82, 2.24) is 10.4 Å². The van der Waals surface area contributed by atoms with Crippen LogP contribution in [0.25, 0.3) is 0 Å². The van der Waals surface area contributed by atoms with Crippen LogP contribution in [0, 0.1) is 0 Å². The van der Waals surface area contributed by atoms with E-state index in [4.69, 9.17) is 9.47 Å². The van der Waals surface area contributed by atoms with E-state index in [0.717, 1.165) is 26.2 Å². The summed E-state index contributed by atoms with van der Waals surface area (Å²) in [5.74, 6) is 0. The third-order valence-electron chi connectivity index (χ3n) is 2.50. The maximum absolute atomic E-state index is 5.62. The number of piperidine rings is 1. The number of ether oxygens (including phenoxy) is 2. The van der Waals surface area contributed by atoms with Crippen LogP contribution in [0.1, 0.15) is 12.8 Å². The van der Waals surface area contributed by atoms with Crippen LogP contribution in [0.15, 0.2) is 0 Å². The Kier molecular flexibility index (Phi) is 2.60. The maximum atomic E-state index is 5.62. The monoisotopic (exact) mass is 172 g/mol. The van der Waals surface area contributed by atoms with Crippen LogP contribution in [0.4, 0.5) is 0 Å². The van der Waals surface area contributed by atoms with Gasteiger partial charge in [-0.2, -0.15) is 0 Å². The molecule has 2 unspecified atom stereocenters. The standard InChI is InChI=1S/C8H16N2O2/c1-9-10-4-2-3-7-8(10)12-6-5-11-7/h7-9H,2-6H2,1H3. The summed E-state index contributed by atoms with van der Waals surface area (Å²) in [7, 11) is 1.93. The summed E-state index contributed by atoms with van der Waals surface area (Å²) in [6.45, 7) is 2.53. The molecule has 0 aromatic carbocycles. The molecule has 2 aliphatic heterocycles. The third-order valence-corrected chi connectivity index (χ3v) is 2.50. The summed E-state index contributed by atoms with van der Waals surface area (Å²) in [6, 6.07) is 0. The Balaban J connectivity index is 1.99. The lowest BCUT2D eigenvalue weighted by Crippen LogP contribution is -2.57. The first-order valence-corrected chi connectivity index (χ1v) is 4.59. The third kappa shape index (κ3) is 1.47. The molecule has 0 radical (unpaired) electrons. The molecule has 0 saturated carbocycles. The number of nitrogens with zero attached hydrogens (tertiary/aromatic N) is 1. The van der Waals surface area contributed by atoms with Crippen molar-refractivity contribution in [1.29, 1.82) is 0 Å². The summed E-state index contributed by atoms with van der Waals surface area (Å²) in [4.78, 5) is 0. The molecule has 0 bridgehead atoms. The van der Waals surface area contributed by atoms with Gasteiger partial charge in [-0.05, 0) is 19.9 Å². The van der Waals surface area contributed by atoms with Gasteiger partial charge in [0.25, 0.3) is 0 Å². The predicted molar refractivity (Wildman–Crippen MR) is 44.5 cm³/mol. The Morgan fingerprint density at radius 3 is 3.00 bits per heavy atom. The van der Waals surface area contributed by atoms with E-state index in [1.807, 2.05) is 7.05 Å². The van der Waals surface area contributed by atoms with Gasteiger partial charge in [-0.3, -0.25) is 5.43 Å². The quantitative estimate of drug-likeness (QED) is 0.601. The van der Waals surface area contributed by atoms with Crippen molar-refractivity contribution in [3.8, 4) is 0 Å². The molecule has 70 valence electrons. The Labute approximate surface area is 72.8 Å². The van der Waals surface area contributed by atoms with Gasteiger partial charge in [0.05, 0.1) is 19.3 Å². The number of hydrazine groups is 1. The number of fused-ring (bicyclic) bond motifs is 1. The van der Waals surface area contributed by atoms with Crippen LogP contribution < -0.4 is 5.43 Å². The molecule has 0 spiro atoms. The SMILES string of the molecule is CNN1CCCC2OCCOC21. The number of nitrogens with one attached hydrogen (secondary N) is 1. The first kappa shape index (κ1) is 8.44. The molecule has 12 heavy (non-hydrogen) atoms. The van der Waals surface area contributed by atoms with Gasteiger partial charge in [0.15, 0.2) is 0 Å². The van der Waals surface area contributed by atoms with Gasteiger partial charge >= 0.3 is 0 Å². The zero-order valence-electron chi connectivity index (χ0n) is 7.45. The van der Waals surface area contributed by atoms with E-state index in [1.165, 1.54) is 6.42 Å². The van der Waals surface area contributed by atoms with Gasteiger partial charge in [-0.25, -0.2) is 5.01 Å². The number of hydrogen-bond donors (Lipinski definition) is 1. The minimum Gasteiger partial charge on any atom is -0.372 e. The lowest BCUT2D eigenvalue weighted by molar-refractivity contribution is -0.222. The van der Waals surface area contributed by atoms with Crippen LogP contribution in [0.5, 0.6) is 0 Å². The van der Waals surface area contributed by atoms with E-state index in [0.29, 0.717) is 0 Å². The second-order valence-corrected chi connectivity index (χ2v) is 3.23. The summed E-state index contributed by atoms with van der Waals surface area (Å²) in [6.07, 6.45) is 2.73. The summed E-state index contributed by atoms with van der Waals surface area (Å²) in [5.41, 5.74) is 3.13. The number of hydrogen-bond acceptors (Lipinski definition) is 4. The highest BCUT2D eigenvalue weighted by molar-refractivity contribution is 4.78. The van der Waals surface area contributed by atoms with Crippen molar-refractivity contribution in [3.05, 3.63) is 0 Å². The fourth-order valence-electron chi connectivity index (χ4n) is 1.90. The van der Waals surface area contributed by atoms with E-state index in [1.54, 1.807) is 0 Å². The zero-order valence-corrected chi connectivity index (χ0v) is 7.45. The van der Waals surface area contributed by atoms with E-state index in [2.05, 4.69) is 10.4 Å². The van der Waals surface area contributed by atoms with Crippen LogP contribution >= 0.6 is 0 Å². The predicted octanol–water partition coefficient (Wildman–Crippen LogP) is -0.0419. The summed E-state index contributed by atoms with van der Waals surface area (Å²) in [5, 5.41) is 2.12. The minimum atomic E-state index is 0.137. The second kappa shape index (κ2) is 3.70. The van der Waals surface area contributed by atoms with Crippen LogP contribution in [-0.4, -0.2) is 44.1 Å². The van der Waals surface area contributed by atoms with Crippen molar-refractivity contribution in [3.63, 3.8) is 0 Å². The maximum Gasteiger partial charge on any atom is 0.149 e. The molecule has 2 rings (SSSR count). The van der Waals surface area contributed by atoms with Gasteiger partial charge in [0.2, 0.25) is 0 Å². The Morgan fingerprint density at radius 2 is 2.17 bits per heavy atom. The molecule has 2 aliphatic rings. The molecule has 4 heteroatoms. The van der Waals surface area contributed by atoms with Gasteiger partial charge in [0.1, 0.15) is 6.23 Å². The molecule has 0 aromatic rings. The van der Waals surface area contributed by atoms with E-state index >= 15 is 0 Å². The average molecular weight is 172 g/mol. The van der Waals surface area contributed by atoms with E-state index < -0.39 is 0 Å². The highest BCUT2D eigenvalue weighted by Gasteiger charge is 2.34. The van der Waals surface area contributed by atoms with Crippen LogP contribution in [-0.2, 0) is 9.47 Å². The highest BCUT2D eigenvalue weighted by Crippen LogP contribution is 2.22. The lowest BCUT2D eigenvalue weighted by Gasteiger charge is -2.42. The largest absolute Gasteiger partial charge is 0.372 e. The van der Waals surface area contributed by atoms with Crippen molar-refractivity contribution < 1.29 is 9.47 Å². The van der Waals surface area contributed by atoms with Crippen molar-refractivity contribution in [2.45, 2.75) is 25.2 Å². The van der Waals surface area contributed by atoms with Gasteiger partial charge in [0, 0.05) is 6.54 Å². The van der Waals surface area contributed by atoms with Crippen molar-refractivity contribution >= 4 is 0 Å². The number of rotatable bonds is 1. The van der Waals surface area contributed by atoms with Crippen molar-refractivity contribution in [2.75, 3.05) is 26.8 Å². The summed E-state index contributed by atoms with van der Waals surface area (Å²) >= 11 is 0. The molecular formula is C8H16N2O2. The molecule has 0 amide bonds. The smallest absolute Gasteiger partial charge is 0.149 e. The minimum absolute atomic E-state index is 0.137. The Morgan fingerprint density at radius 1 is 1.33 bits per heavy atom. The molecule has 2 heterocycles. The fraction of sp³-hybridized carbons (Fsp3) is 1.00. The molecule has 0 aromatic heterocycles. The molecule has 0 aliphatic carbocycles. The lowest BCUT2D eigenvalue weighted by atomic mass is 10.1. The highest BCUT2D eigenvalue weighted by atomic mass is 16.6.